The third-order valence-electron chi connectivity index (χ3n) is 2.28. The van der Waals surface area contributed by atoms with Crippen molar-refractivity contribution >= 4 is 25.2 Å². The average molecular weight is 287 g/mol. The Morgan fingerprint density at radius 1 is 1.32 bits per heavy atom. The first kappa shape index (κ1) is 15.2. The molecule has 0 aliphatic heterocycles. The number of carbonyl (C=O) groups is 1. The summed E-state index contributed by atoms with van der Waals surface area (Å²) in [5, 5.41) is 9.09. The minimum Gasteiger partial charge on any atom is -0.481 e. The van der Waals surface area contributed by atoms with Crippen LogP contribution >= 0.6 is 7.60 Å². The van der Waals surface area contributed by atoms with E-state index in [1.165, 1.54) is 18.2 Å². The zero-order valence-corrected chi connectivity index (χ0v) is 10.7. The number of carboxylic acid groups (broad SMARTS) is 1. The number of hydrogen-bond donors (Lipinski definition) is 5. The molecule has 0 heterocycles. The van der Waals surface area contributed by atoms with Crippen molar-refractivity contribution in [2.75, 3.05) is 6.16 Å². The molecule has 0 saturated carbocycles. The minimum absolute atomic E-state index is 0.145. The van der Waals surface area contributed by atoms with Crippen LogP contribution in [0.1, 0.15) is 11.5 Å². The Hall–Kier alpha value is -1.89. The molecule has 104 valence electrons. The van der Waals surface area contributed by atoms with Gasteiger partial charge in [0.15, 0.2) is 5.96 Å². The quantitative estimate of drug-likeness (QED) is 0.288. The zero-order valence-electron chi connectivity index (χ0n) is 9.80. The van der Waals surface area contributed by atoms with Gasteiger partial charge in [-0.15, -0.1) is 0 Å². The summed E-state index contributed by atoms with van der Waals surface area (Å²) in [6, 6.07) is 6.00. The van der Waals surface area contributed by atoms with Crippen molar-refractivity contribution in [3.05, 3.63) is 29.8 Å². The number of guanidine groups is 1. The Labute approximate surface area is 108 Å². The molecule has 1 aromatic rings. The molecule has 0 aliphatic rings. The normalized spacial score (nSPS) is 12.7. The predicted molar refractivity (Wildman–Crippen MR) is 69.2 cm³/mol. The summed E-state index contributed by atoms with van der Waals surface area (Å²) in [6.45, 7) is 0. The number of carboxylic acids is 1. The van der Waals surface area contributed by atoms with Crippen molar-refractivity contribution in [3.63, 3.8) is 0 Å². The summed E-state index contributed by atoms with van der Waals surface area (Å²) >= 11 is 0. The van der Waals surface area contributed by atoms with E-state index in [0.717, 1.165) is 0 Å². The molecular formula is C10H14N3O5P. The summed E-state index contributed by atoms with van der Waals surface area (Å²) in [4.78, 5) is 32.8. The lowest BCUT2D eigenvalue weighted by Gasteiger charge is -2.15. The second kappa shape index (κ2) is 5.83. The number of nitrogens with two attached hydrogens (primary N) is 2. The highest BCUT2D eigenvalue weighted by molar-refractivity contribution is 7.51. The van der Waals surface area contributed by atoms with E-state index in [0.29, 0.717) is 0 Å². The Morgan fingerprint density at radius 3 is 2.37 bits per heavy atom. The fraction of sp³-hybridized carbons (Fsp3) is 0.200. The summed E-state index contributed by atoms with van der Waals surface area (Å²) < 4.78 is 11.0. The number of benzene rings is 1. The monoisotopic (exact) mass is 287 g/mol. The van der Waals surface area contributed by atoms with Crippen LogP contribution < -0.4 is 11.5 Å². The van der Waals surface area contributed by atoms with Crippen LogP contribution in [0.5, 0.6) is 0 Å². The van der Waals surface area contributed by atoms with Gasteiger partial charge in [-0.05, 0) is 11.6 Å². The third-order valence-corrected chi connectivity index (χ3v) is 3.12. The molecule has 7 N–H and O–H groups in total. The van der Waals surface area contributed by atoms with Crippen molar-refractivity contribution in [2.24, 2.45) is 16.5 Å². The van der Waals surface area contributed by atoms with E-state index >= 15 is 0 Å². The largest absolute Gasteiger partial charge is 0.481 e. The Bertz CT molecular complexity index is 550. The van der Waals surface area contributed by atoms with Gasteiger partial charge in [0.2, 0.25) is 0 Å². The topological polar surface area (TPSA) is 159 Å². The van der Waals surface area contributed by atoms with Crippen LogP contribution in [0.2, 0.25) is 0 Å². The van der Waals surface area contributed by atoms with Crippen molar-refractivity contribution in [3.8, 4) is 0 Å². The van der Waals surface area contributed by atoms with Crippen LogP contribution in [0.15, 0.2) is 29.3 Å². The van der Waals surface area contributed by atoms with Gasteiger partial charge in [0.05, 0.1) is 17.8 Å². The summed E-state index contributed by atoms with van der Waals surface area (Å²) in [6.07, 6.45) is -0.820. The Balaban J connectivity index is 3.27. The first-order valence-corrected chi connectivity index (χ1v) is 6.96. The number of aliphatic carboxylic acids is 1. The highest BCUT2D eigenvalue weighted by Crippen LogP contribution is 2.42. The van der Waals surface area contributed by atoms with E-state index in [2.05, 4.69) is 4.99 Å². The number of nitrogens with zero attached hydrogens (tertiary/aromatic N) is 1. The highest BCUT2D eigenvalue weighted by atomic mass is 31.2. The van der Waals surface area contributed by atoms with E-state index < -0.39 is 25.6 Å². The van der Waals surface area contributed by atoms with E-state index in [4.69, 9.17) is 26.4 Å². The second-order valence-electron chi connectivity index (χ2n) is 3.83. The standard InChI is InChI=1S/C10H14N3O5P/c11-10(12)13-8-4-2-1-3-6(8)7(9(14)15)5-19(16,17)18/h1-4,7H,5H2,(H,14,15)(H4,11,12,13)(H2,16,17,18). The lowest BCUT2D eigenvalue weighted by atomic mass is 9.99. The van der Waals surface area contributed by atoms with Gasteiger partial charge >= 0.3 is 13.6 Å². The third kappa shape index (κ3) is 4.70. The molecule has 1 rings (SSSR count). The summed E-state index contributed by atoms with van der Waals surface area (Å²) in [5.41, 5.74) is 10.8. The lowest BCUT2D eigenvalue weighted by Crippen LogP contribution is -2.22. The number of hydrogen-bond acceptors (Lipinski definition) is 3. The van der Waals surface area contributed by atoms with Crippen molar-refractivity contribution in [1.82, 2.24) is 0 Å². The number of para-hydroxylation sites is 1. The van der Waals surface area contributed by atoms with Crippen molar-refractivity contribution in [2.45, 2.75) is 5.92 Å². The van der Waals surface area contributed by atoms with Gasteiger partial charge in [0, 0.05) is 0 Å². The smallest absolute Gasteiger partial charge is 0.326 e. The van der Waals surface area contributed by atoms with Gasteiger partial charge in [-0.2, -0.15) is 0 Å². The molecule has 19 heavy (non-hydrogen) atoms. The molecular weight excluding hydrogens is 273 g/mol. The molecule has 1 atom stereocenters. The maximum absolute atomic E-state index is 11.2. The zero-order chi connectivity index (χ0) is 14.6. The predicted octanol–water partition coefficient (Wildman–Crippen LogP) is -0.0626. The molecule has 8 nitrogen and oxygen atoms in total. The number of rotatable bonds is 5. The summed E-state index contributed by atoms with van der Waals surface area (Å²) in [5.74, 6) is -3.02. The number of aliphatic imine (C=N–C) groups is 1. The van der Waals surface area contributed by atoms with Gasteiger partial charge in [0.1, 0.15) is 0 Å². The molecule has 0 aromatic heterocycles. The molecule has 0 bridgehead atoms. The van der Waals surface area contributed by atoms with Crippen LogP contribution in [-0.4, -0.2) is 33.0 Å². The van der Waals surface area contributed by atoms with Crippen molar-refractivity contribution < 1.29 is 24.3 Å². The molecule has 0 radical (unpaired) electrons. The highest BCUT2D eigenvalue weighted by Gasteiger charge is 2.30. The molecule has 9 heteroatoms. The van der Waals surface area contributed by atoms with Gasteiger partial charge < -0.3 is 26.4 Å². The van der Waals surface area contributed by atoms with E-state index in [1.807, 2.05) is 0 Å². The molecule has 0 amide bonds. The van der Waals surface area contributed by atoms with E-state index in [-0.39, 0.29) is 17.2 Å². The van der Waals surface area contributed by atoms with E-state index in [9.17, 15) is 9.36 Å². The van der Waals surface area contributed by atoms with E-state index in [1.54, 1.807) is 6.07 Å². The fourth-order valence-corrected chi connectivity index (χ4v) is 2.40. The fourth-order valence-electron chi connectivity index (χ4n) is 1.57. The Kier molecular flexibility index (Phi) is 4.66. The van der Waals surface area contributed by atoms with Crippen LogP contribution in [0.25, 0.3) is 0 Å². The molecule has 0 spiro atoms. The van der Waals surface area contributed by atoms with Crippen LogP contribution in [0.4, 0.5) is 5.69 Å². The average Bonchev–Trinajstić information content (AvgIpc) is 2.24. The lowest BCUT2D eigenvalue weighted by molar-refractivity contribution is -0.138. The molecule has 0 aliphatic carbocycles. The van der Waals surface area contributed by atoms with Crippen molar-refractivity contribution in [1.29, 1.82) is 0 Å². The van der Waals surface area contributed by atoms with Crippen LogP contribution in [-0.2, 0) is 9.36 Å². The SMILES string of the molecule is NC(N)=Nc1ccccc1C(CP(=O)(O)O)C(=O)O. The molecule has 1 aromatic carbocycles. The Morgan fingerprint density at radius 2 is 1.89 bits per heavy atom. The van der Waals surface area contributed by atoms with Gasteiger partial charge in [-0.3, -0.25) is 9.36 Å². The first-order valence-electron chi connectivity index (χ1n) is 5.16. The van der Waals surface area contributed by atoms with Gasteiger partial charge in [0.25, 0.3) is 0 Å². The van der Waals surface area contributed by atoms with Crippen LogP contribution in [0, 0.1) is 0 Å². The van der Waals surface area contributed by atoms with Gasteiger partial charge in [-0.25, -0.2) is 4.99 Å². The van der Waals surface area contributed by atoms with Crippen LogP contribution in [0.3, 0.4) is 0 Å². The maximum atomic E-state index is 11.2. The first-order chi connectivity index (χ1) is 8.70. The minimum atomic E-state index is -4.49. The molecule has 0 fully saturated rings. The summed E-state index contributed by atoms with van der Waals surface area (Å²) in [7, 11) is -4.49. The maximum Gasteiger partial charge on any atom is 0.326 e. The second-order valence-corrected chi connectivity index (χ2v) is 5.53. The molecule has 1 unspecified atom stereocenters. The molecule has 0 saturated heterocycles. The van der Waals surface area contributed by atoms with Gasteiger partial charge in [-0.1, -0.05) is 18.2 Å².